The van der Waals surface area contributed by atoms with Crippen LogP contribution in [0, 0.1) is 0 Å². The van der Waals surface area contributed by atoms with Crippen LogP contribution in [0.4, 0.5) is 18.9 Å². The molecule has 0 atom stereocenters. The van der Waals surface area contributed by atoms with Gasteiger partial charge >= 0.3 is 6.18 Å². The SMILES string of the molecule is COC1(C(=O)Nc2ccc(Br)c(C(F)(F)F)c2)CCNCC1. The van der Waals surface area contributed by atoms with Crippen LogP contribution in [-0.4, -0.2) is 31.7 Å². The summed E-state index contributed by atoms with van der Waals surface area (Å²) in [5, 5.41) is 5.64. The number of ether oxygens (including phenoxy) is 1. The van der Waals surface area contributed by atoms with E-state index in [0.29, 0.717) is 25.9 Å². The number of rotatable bonds is 3. The van der Waals surface area contributed by atoms with Crippen molar-refractivity contribution in [1.82, 2.24) is 5.32 Å². The first-order valence-corrected chi connectivity index (χ1v) is 7.52. The zero-order chi connectivity index (χ0) is 16.4. The number of hydrogen-bond donors (Lipinski definition) is 2. The molecule has 22 heavy (non-hydrogen) atoms. The van der Waals surface area contributed by atoms with Crippen molar-refractivity contribution >= 4 is 27.5 Å². The summed E-state index contributed by atoms with van der Waals surface area (Å²) in [5.41, 5.74) is -1.74. The maximum absolute atomic E-state index is 12.9. The largest absolute Gasteiger partial charge is 0.417 e. The van der Waals surface area contributed by atoms with E-state index in [1.165, 1.54) is 19.2 Å². The van der Waals surface area contributed by atoms with Gasteiger partial charge in [-0.05, 0) is 44.1 Å². The Morgan fingerprint density at radius 1 is 1.36 bits per heavy atom. The number of benzene rings is 1. The van der Waals surface area contributed by atoms with Crippen LogP contribution < -0.4 is 10.6 Å². The molecule has 0 spiro atoms. The lowest BCUT2D eigenvalue weighted by atomic mass is 9.91. The van der Waals surface area contributed by atoms with Gasteiger partial charge in [-0.1, -0.05) is 15.9 Å². The van der Waals surface area contributed by atoms with Crippen molar-refractivity contribution in [2.75, 3.05) is 25.5 Å². The molecule has 1 amide bonds. The Bertz CT molecular complexity index is 558. The molecule has 4 nitrogen and oxygen atoms in total. The summed E-state index contributed by atoms with van der Waals surface area (Å²) in [4.78, 5) is 12.4. The number of hydrogen-bond acceptors (Lipinski definition) is 3. The van der Waals surface area contributed by atoms with E-state index in [1.807, 2.05) is 0 Å². The summed E-state index contributed by atoms with van der Waals surface area (Å²) < 4.78 is 43.9. The zero-order valence-electron chi connectivity index (χ0n) is 11.9. The van der Waals surface area contributed by atoms with Crippen molar-refractivity contribution in [3.05, 3.63) is 28.2 Å². The molecule has 1 aromatic rings. The summed E-state index contributed by atoms with van der Waals surface area (Å²) in [6.45, 7) is 1.24. The van der Waals surface area contributed by atoms with Gasteiger partial charge < -0.3 is 15.4 Å². The average molecular weight is 381 g/mol. The van der Waals surface area contributed by atoms with Crippen molar-refractivity contribution in [2.24, 2.45) is 0 Å². The number of carbonyl (C=O) groups is 1. The molecule has 122 valence electrons. The van der Waals surface area contributed by atoms with Gasteiger partial charge in [0.05, 0.1) is 5.56 Å². The topological polar surface area (TPSA) is 50.4 Å². The third-order valence-electron chi connectivity index (χ3n) is 3.75. The van der Waals surface area contributed by atoms with Crippen molar-refractivity contribution in [3.8, 4) is 0 Å². The number of piperidine rings is 1. The number of methoxy groups -OCH3 is 1. The Balaban J connectivity index is 2.21. The zero-order valence-corrected chi connectivity index (χ0v) is 13.5. The van der Waals surface area contributed by atoms with Crippen LogP contribution in [-0.2, 0) is 15.7 Å². The first kappa shape index (κ1) is 17.2. The lowest BCUT2D eigenvalue weighted by Crippen LogP contribution is -2.51. The third-order valence-corrected chi connectivity index (χ3v) is 4.44. The smallest absolute Gasteiger partial charge is 0.368 e. The highest BCUT2D eigenvalue weighted by Gasteiger charge is 2.40. The fraction of sp³-hybridized carbons (Fsp3) is 0.500. The highest BCUT2D eigenvalue weighted by molar-refractivity contribution is 9.10. The molecule has 1 saturated heterocycles. The van der Waals surface area contributed by atoms with Gasteiger partial charge in [0.2, 0.25) is 0 Å². The Morgan fingerprint density at radius 2 is 2.00 bits per heavy atom. The fourth-order valence-corrected chi connectivity index (χ4v) is 2.89. The summed E-state index contributed by atoms with van der Waals surface area (Å²) in [6, 6.07) is 3.59. The molecule has 0 aromatic heterocycles. The van der Waals surface area contributed by atoms with Crippen LogP contribution in [0.1, 0.15) is 18.4 Å². The van der Waals surface area contributed by atoms with Crippen LogP contribution in [0.3, 0.4) is 0 Å². The first-order valence-electron chi connectivity index (χ1n) is 6.72. The maximum atomic E-state index is 12.9. The normalized spacial score (nSPS) is 18.0. The average Bonchev–Trinajstić information content (AvgIpc) is 2.48. The molecule has 0 radical (unpaired) electrons. The molecular formula is C14H16BrF3N2O2. The van der Waals surface area contributed by atoms with Gasteiger partial charge in [0.1, 0.15) is 5.60 Å². The molecule has 2 rings (SSSR count). The maximum Gasteiger partial charge on any atom is 0.417 e. The van der Waals surface area contributed by atoms with Gasteiger partial charge in [-0.15, -0.1) is 0 Å². The van der Waals surface area contributed by atoms with E-state index in [1.54, 1.807) is 0 Å². The Morgan fingerprint density at radius 3 is 2.55 bits per heavy atom. The molecule has 1 aliphatic rings. The van der Waals surface area contributed by atoms with Gasteiger partial charge in [0.25, 0.3) is 5.91 Å². The molecule has 1 aromatic carbocycles. The van der Waals surface area contributed by atoms with Gasteiger partial charge in [-0.2, -0.15) is 13.2 Å². The minimum Gasteiger partial charge on any atom is -0.368 e. The van der Waals surface area contributed by atoms with Crippen molar-refractivity contribution in [3.63, 3.8) is 0 Å². The molecule has 0 saturated carbocycles. The Kier molecular flexibility index (Phi) is 5.14. The van der Waals surface area contributed by atoms with Crippen molar-refractivity contribution < 1.29 is 22.7 Å². The van der Waals surface area contributed by atoms with Crippen molar-refractivity contribution in [1.29, 1.82) is 0 Å². The van der Waals surface area contributed by atoms with Gasteiger partial charge in [0.15, 0.2) is 0 Å². The Labute approximate surface area is 134 Å². The van der Waals surface area contributed by atoms with Crippen LogP contribution in [0.2, 0.25) is 0 Å². The predicted octanol–water partition coefficient (Wildman–Crippen LogP) is 3.18. The summed E-state index contributed by atoms with van der Waals surface area (Å²) in [7, 11) is 1.44. The van der Waals surface area contributed by atoms with E-state index in [-0.39, 0.29) is 10.2 Å². The number of amides is 1. The Hall–Kier alpha value is -1.12. The summed E-state index contributed by atoms with van der Waals surface area (Å²) >= 11 is 2.87. The molecule has 8 heteroatoms. The molecule has 1 fully saturated rings. The number of carbonyl (C=O) groups excluding carboxylic acids is 1. The van der Waals surface area contributed by atoms with Crippen molar-refractivity contribution in [2.45, 2.75) is 24.6 Å². The van der Waals surface area contributed by atoms with Crippen LogP contribution in [0.15, 0.2) is 22.7 Å². The predicted molar refractivity (Wildman–Crippen MR) is 79.6 cm³/mol. The van der Waals surface area contributed by atoms with Gasteiger partial charge in [-0.3, -0.25) is 4.79 Å². The third kappa shape index (κ3) is 3.61. The van der Waals surface area contributed by atoms with Crippen LogP contribution >= 0.6 is 15.9 Å². The fourth-order valence-electron chi connectivity index (χ4n) is 2.42. The van der Waals surface area contributed by atoms with E-state index in [9.17, 15) is 18.0 Å². The standard InChI is InChI=1S/C14H16BrF3N2O2/c1-22-13(4-6-19-7-5-13)12(21)20-9-2-3-11(15)10(8-9)14(16,17)18/h2-3,8,19H,4-7H2,1H3,(H,20,21). The quantitative estimate of drug-likeness (QED) is 0.846. The molecule has 2 N–H and O–H groups in total. The van der Waals surface area contributed by atoms with E-state index in [0.717, 1.165) is 6.07 Å². The van der Waals surface area contributed by atoms with E-state index in [2.05, 4.69) is 26.6 Å². The van der Waals surface area contributed by atoms with Crippen LogP contribution in [0.25, 0.3) is 0 Å². The summed E-state index contributed by atoms with van der Waals surface area (Å²) in [5.74, 6) is -0.424. The highest BCUT2D eigenvalue weighted by Crippen LogP contribution is 2.36. The highest BCUT2D eigenvalue weighted by atomic mass is 79.9. The second-order valence-corrected chi connectivity index (χ2v) is 5.95. The number of alkyl halides is 3. The number of anilines is 1. The molecule has 1 heterocycles. The van der Waals surface area contributed by atoms with Crippen LogP contribution in [0.5, 0.6) is 0 Å². The van der Waals surface area contributed by atoms with E-state index in [4.69, 9.17) is 4.74 Å². The van der Waals surface area contributed by atoms with Gasteiger partial charge in [0, 0.05) is 17.3 Å². The number of nitrogens with one attached hydrogen (secondary N) is 2. The molecule has 0 unspecified atom stereocenters. The minimum absolute atomic E-state index is 0.0682. The molecule has 0 bridgehead atoms. The second kappa shape index (κ2) is 6.55. The van der Waals surface area contributed by atoms with Gasteiger partial charge in [-0.25, -0.2) is 0 Å². The molecule has 0 aliphatic carbocycles. The first-order chi connectivity index (χ1) is 10.3. The molecular weight excluding hydrogens is 365 g/mol. The summed E-state index contributed by atoms with van der Waals surface area (Å²) in [6.07, 6.45) is -3.55. The lowest BCUT2D eigenvalue weighted by molar-refractivity contribution is -0.141. The van der Waals surface area contributed by atoms with E-state index < -0.39 is 23.2 Å². The van der Waals surface area contributed by atoms with E-state index >= 15 is 0 Å². The minimum atomic E-state index is -4.49. The second-order valence-electron chi connectivity index (χ2n) is 5.09. The lowest BCUT2D eigenvalue weighted by Gasteiger charge is -2.34. The molecule has 1 aliphatic heterocycles. The number of halogens is 4. The monoisotopic (exact) mass is 380 g/mol.